The molecule has 0 aromatic rings. The third kappa shape index (κ3) is 41.2. The third-order valence-corrected chi connectivity index (χ3v) is 5.07. The van der Waals surface area contributed by atoms with E-state index in [0.29, 0.717) is 164 Å². The van der Waals surface area contributed by atoms with Gasteiger partial charge in [-0.3, -0.25) is 0 Å². The molecule has 0 fully saturated rings. The zero-order chi connectivity index (χ0) is 31.9. The number of carbonyl (C=O) groups is 1. The summed E-state index contributed by atoms with van der Waals surface area (Å²) in [5.41, 5.74) is 0. The lowest BCUT2D eigenvalue weighted by Crippen LogP contribution is -2.15. The predicted molar refractivity (Wildman–Crippen MR) is 159 cm³/mol. The zero-order valence-electron chi connectivity index (χ0n) is 26.1. The first kappa shape index (κ1) is 43.2. The van der Waals surface area contributed by atoms with Crippen molar-refractivity contribution in [1.82, 2.24) is 0 Å². The molecule has 0 aliphatic heterocycles. The molecule has 0 radical (unpaired) electrons. The van der Waals surface area contributed by atoms with E-state index in [1.807, 2.05) is 0 Å². The van der Waals surface area contributed by atoms with Gasteiger partial charge in [-0.2, -0.15) is 0 Å². The lowest BCUT2D eigenvalue weighted by atomic mass is 10.6. The summed E-state index contributed by atoms with van der Waals surface area (Å²) >= 11 is 5.50. The maximum atomic E-state index is 10.3. The van der Waals surface area contributed by atoms with E-state index >= 15 is 0 Å². The Kier molecular flexibility index (Phi) is 39.6. The first-order valence-electron chi connectivity index (χ1n) is 15.1. The summed E-state index contributed by atoms with van der Waals surface area (Å²) < 4.78 is 69.5. The Bertz CT molecular complexity index is 551. The second kappa shape index (κ2) is 40.3. The van der Waals surface area contributed by atoms with Gasteiger partial charge in [0.1, 0.15) is 6.61 Å². The average molecular weight is 667 g/mol. The van der Waals surface area contributed by atoms with Crippen molar-refractivity contribution in [3.63, 3.8) is 0 Å². The Hall–Kier alpha value is -0.760. The molecule has 0 aromatic heterocycles. The van der Waals surface area contributed by atoms with Crippen LogP contribution in [0.25, 0.3) is 0 Å². The summed E-state index contributed by atoms with van der Waals surface area (Å²) in [5.74, 6) is -0.505. The summed E-state index contributed by atoms with van der Waals surface area (Å²) in [6.45, 7) is 11.6. The molecule has 0 unspecified atom stereocenters. The van der Waals surface area contributed by atoms with Crippen LogP contribution in [-0.4, -0.2) is 189 Å². The van der Waals surface area contributed by atoms with Crippen molar-refractivity contribution in [2.75, 3.05) is 178 Å². The molecule has 0 amide bonds. The molecule has 44 heavy (non-hydrogen) atoms. The molecule has 0 bridgehead atoms. The van der Waals surface area contributed by atoms with Crippen molar-refractivity contribution in [3.8, 4) is 0 Å². The molecule has 16 heteroatoms. The first-order valence-corrected chi connectivity index (χ1v) is 15.6. The minimum absolute atomic E-state index is 0.240. The zero-order valence-corrected chi connectivity index (χ0v) is 26.9. The van der Waals surface area contributed by atoms with Gasteiger partial charge in [-0.05, 0) is 0 Å². The van der Waals surface area contributed by atoms with Gasteiger partial charge in [-0.1, -0.05) is 0 Å². The van der Waals surface area contributed by atoms with Crippen LogP contribution in [0.5, 0.6) is 0 Å². The van der Waals surface area contributed by atoms with Gasteiger partial charge in [0.15, 0.2) is 0 Å². The summed E-state index contributed by atoms with van der Waals surface area (Å²) in [5, 5.41) is 8.42. The molecule has 0 saturated heterocycles. The molecule has 0 aliphatic rings. The van der Waals surface area contributed by atoms with Crippen LogP contribution in [0.3, 0.4) is 0 Å². The van der Waals surface area contributed by atoms with Gasteiger partial charge in [0.2, 0.25) is 0 Å². The van der Waals surface area contributed by atoms with Crippen LogP contribution in [0.2, 0.25) is 0 Å². The SMILES string of the molecule is O=C(O)COCCOCCOCCOCCOCCOCCOCCOCCOCCOCCOCCOCCOCCCl. The number of alkyl halides is 1. The van der Waals surface area contributed by atoms with Crippen molar-refractivity contribution < 1.29 is 71.5 Å². The van der Waals surface area contributed by atoms with E-state index in [4.69, 9.17) is 78.3 Å². The van der Waals surface area contributed by atoms with Crippen LogP contribution in [0.15, 0.2) is 0 Å². The van der Waals surface area contributed by atoms with Crippen LogP contribution in [0.4, 0.5) is 0 Å². The fourth-order valence-electron chi connectivity index (χ4n) is 2.85. The average Bonchev–Trinajstić information content (AvgIpc) is 3.02. The van der Waals surface area contributed by atoms with Crippen molar-refractivity contribution >= 4 is 17.6 Å². The summed E-state index contributed by atoms with van der Waals surface area (Å²) in [6, 6.07) is 0. The molecule has 0 atom stereocenters. The molecule has 0 heterocycles. The lowest BCUT2D eigenvalue weighted by molar-refractivity contribution is -0.142. The number of carboxylic acids is 1. The number of hydrogen-bond acceptors (Lipinski definition) is 14. The number of rotatable bonds is 40. The summed E-state index contributed by atoms with van der Waals surface area (Å²) in [4.78, 5) is 10.3. The maximum absolute atomic E-state index is 10.3. The van der Waals surface area contributed by atoms with E-state index in [2.05, 4.69) is 0 Å². The molecular formula is C28H55ClO15. The number of halogens is 1. The molecular weight excluding hydrogens is 612 g/mol. The number of hydrogen-bond donors (Lipinski definition) is 1. The topological polar surface area (TPSA) is 157 Å². The number of aliphatic carboxylic acids is 1. The molecule has 0 rings (SSSR count). The van der Waals surface area contributed by atoms with Crippen LogP contribution in [0, 0.1) is 0 Å². The van der Waals surface area contributed by atoms with Crippen LogP contribution in [0.1, 0.15) is 0 Å². The predicted octanol–water partition coefficient (Wildman–Crippen LogP) is 0.526. The largest absolute Gasteiger partial charge is 0.480 e. The molecule has 1 N–H and O–H groups in total. The van der Waals surface area contributed by atoms with Crippen LogP contribution in [-0.2, 0) is 66.4 Å². The number of carboxylic acid groups (broad SMARTS) is 1. The van der Waals surface area contributed by atoms with E-state index in [9.17, 15) is 4.79 Å². The Morgan fingerprint density at radius 2 is 0.477 bits per heavy atom. The highest BCUT2D eigenvalue weighted by atomic mass is 35.5. The minimum Gasteiger partial charge on any atom is -0.480 e. The second-order valence-electron chi connectivity index (χ2n) is 8.48. The third-order valence-electron chi connectivity index (χ3n) is 4.91. The van der Waals surface area contributed by atoms with Crippen LogP contribution < -0.4 is 0 Å². The Morgan fingerprint density at radius 1 is 0.318 bits per heavy atom. The van der Waals surface area contributed by atoms with Gasteiger partial charge in [-0.15, -0.1) is 11.6 Å². The van der Waals surface area contributed by atoms with E-state index in [0.717, 1.165) is 0 Å². The van der Waals surface area contributed by atoms with Gasteiger partial charge in [-0.25, -0.2) is 4.79 Å². The fraction of sp³-hybridized carbons (Fsp3) is 0.964. The summed E-state index contributed by atoms with van der Waals surface area (Å²) in [7, 11) is 0. The fourth-order valence-corrected chi connectivity index (χ4v) is 2.96. The minimum atomic E-state index is -0.997. The van der Waals surface area contributed by atoms with Crippen molar-refractivity contribution in [1.29, 1.82) is 0 Å². The Labute approximate surface area is 266 Å². The van der Waals surface area contributed by atoms with E-state index in [1.54, 1.807) is 0 Å². The molecule has 0 aromatic carbocycles. The van der Waals surface area contributed by atoms with Gasteiger partial charge in [0.25, 0.3) is 0 Å². The number of ether oxygens (including phenoxy) is 13. The lowest BCUT2D eigenvalue weighted by Gasteiger charge is -2.09. The first-order chi connectivity index (χ1) is 21.8. The van der Waals surface area contributed by atoms with Gasteiger partial charge in [0.05, 0.1) is 165 Å². The van der Waals surface area contributed by atoms with E-state index < -0.39 is 5.97 Å². The van der Waals surface area contributed by atoms with E-state index in [-0.39, 0.29) is 13.2 Å². The van der Waals surface area contributed by atoms with Crippen LogP contribution >= 0.6 is 11.6 Å². The normalized spacial score (nSPS) is 11.5. The van der Waals surface area contributed by atoms with Crippen molar-refractivity contribution in [2.24, 2.45) is 0 Å². The highest BCUT2D eigenvalue weighted by molar-refractivity contribution is 6.17. The smallest absolute Gasteiger partial charge is 0.329 e. The molecule has 0 spiro atoms. The van der Waals surface area contributed by atoms with Crippen molar-refractivity contribution in [3.05, 3.63) is 0 Å². The molecule has 15 nitrogen and oxygen atoms in total. The van der Waals surface area contributed by atoms with E-state index in [1.165, 1.54) is 0 Å². The van der Waals surface area contributed by atoms with Gasteiger partial charge >= 0.3 is 5.97 Å². The quantitative estimate of drug-likeness (QED) is 0.0713. The summed E-state index contributed by atoms with van der Waals surface area (Å²) in [6.07, 6.45) is 0. The van der Waals surface area contributed by atoms with Gasteiger partial charge in [0, 0.05) is 5.88 Å². The highest BCUT2D eigenvalue weighted by Crippen LogP contribution is 1.88. The highest BCUT2D eigenvalue weighted by Gasteiger charge is 1.98. The van der Waals surface area contributed by atoms with Gasteiger partial charge < -0.3 is 66.7 Å². The Balaban J connectivity index is 3.04. The maximum Gasteiger partial charge on any atom is 0.329 e. The Morgan fingerprint density at radius 3 is 0.636 bits per heavy atom. The standard InChI is InChI=1S/C28H55ClO15/c29-1-2-32-3-4-33-5-6-34-7-8-35-9-10-36-11-12-37-13-14-38-15-16-39-17-18-40-19-20-41-21-22-42-23-24-43-25-26-44-27-28(30)31/h1-27H2,(H,30,31). The second-order valence-corrected chi connectivity index (χ2v) is 8.86. The monoisotopic (exact) mass is 666 g/mol. The molecule has 0 saturated carbocycles. The van der Waals surface area contributed by atoms with Crippen molar-refractivity contribution in [2.45, 2.75) is 0 Å². The molecule has 264 valence electrons. The molecule has 0 aliphatic carbocycles.